The maximum atomic E-state index is 13.3. The van der Waals surface area contributed by atoms with Crippen molar-refractivity contribution in [1.29, 1.82) is 0 Å². The van der Waals surface area contributed by atoms with Crippen molar-refractivity contribution in [2.24, 2.45) is 0 Å². The normalized spacial score (nSPS) is 21.1. The van der Waals surface area contributed by atoms with E-state index in [0.717, 1.165) is 36.6 Å². The van der Waals surface area contributed by atoms with Gasteiger partial charge in [-0.05, 0) is 47.5 Å². The Bertz CT molecular complexity index is 999. The van der Waals surface area contributed by atoms with Crippen LogP contribution in [0, 0.1) is 0 Å². The second-order valence-electron chi connectivity index (χ2n) is 7.77. The predicted molar refractivity (Wildman–Crippen MR) is 110 cm³/mol. The first-order valence-electron chi connectivity index (χ1n) is 9.95. The van der Waals surface area contributed by atoms with E-state index >= 15 is 0 Å². The molecule has 2 atom stereocenters. The smallest absolute Gasteiger partial charge is 0.271 e. The van der Waals surface area contributed by atoms with Crippen LogP contribution in [0.4, 0.5) is 0 Å². The van der Waals surface area contributed by atoms with Gasteiger partial charge in [0.05, 0.1) is 19.2 Å². The second-order valence-corrected chi connectivity index (χ2v) is 7.77. The Morgan fingerprint density at radius 2 is 1.69 bits per heavy atom. The predicted octanol–water partition coefficient (Wildman–Crippen LogP) is 2.97. The fourth-order valence-electron chi connectivity index (χ4n) is 4.58. The van der Waals surface area contributed by atoms with Gasteiger partial charge < -0.3 is 14.2 Å². The van der Waals surface area contributed by atoms with Crippen LogP contribution in [-0.4, -0.2) is 51.5 Å². The lowest BCUT2D eigenvalue weighted by molar-refractivity contribution is 0.0556. The lowest BCUT2D eigenvalue weighted by Crippen LogP contribution is -2.49. The summed E-state index contributed by atoms with van der Waals surface area (Å²) in [5.74, 6) is 0.938. The third-order valence-electron chi connectivity index (χ3n) is 6.02. The maximum Gasteiger partial charge on any atom is 0.271 e. The van der Waals surface area contributed by atoms with E-state index < -0.39 is 0 Å². The van der Waals surface area contributed by atoms with Crippen LogP contribution in [0.2, 0.25) is 0 Å². The summed E-state index contributed by atoms with van der Waals surface area (Å²) in [6.07, 6.45) is 5.72. The number of rotatable bonds is 5. The highest BCUT2D eigenvalue weighted by molar-refractivity contribution is 5.94. The molecule has 1 saturated heterocycles. The maximum absolute atomic E-state index is 13.3. The zero-order valence-corrected chi connectivity index (χ0v) is 16.4. The summed E-state index contributed by atoms with van der Waals surface area (Å²) in [6, 6.07) is 16.5. The minimum Gasteiger partial charge on any atom is -0.497 e. The van der Waals surface area contributed by atoms with Crippen LogP contribution in [0.3, 0.4) is 0 Å². The lowest BCUT2D eigenvalue weighted by atomic mass is 10.0. The highest BCUT2D eigenvalue weighted by Gasteiger charge is 2.44. The van der Waals surface area contributed by atoms with Crippen LogP contribution >= 0.6 is 0 Å². The van der Waals surface area contributed by atoms with Crippen LogP contribution in [0.1, 0.15) is 27.7 Å². The fraction of sp³-hybridized carbons (Fsp3) is 0.304. The summed E-state index contributed by atoms with van der Waals surface area (Å²) < 4.78 is 7.43. The van der Waals surface area contributed by atoms with E-state index in [-0.39, 0.29) is 18.0 Å². The first-order chi connectivity index (χ1) is 14.2. The fourth-order valence-corrected chi connectivity index (χ4v) is 4.58. The van der Waals surface area contributed by atoms with E-state index in [1.54, 1.807) is 7.11 Å². The van der Waals surface area contributed by atoms with E-state index in [4.69, 9.17) is 4.74 Å². The molecule has 6 nitrogen and oxygen atoms in total. The molecule has 0 saturated carbocycles. The number of benzene rings is 1. The first-order valence-corrected chi connectivity index (χ1v) is 9.95. The minimum absolute atomic E-state index is 0.109. The van der Waals surface area contributed by atoms with Crippen LogP contribution < -0.4 is 4.74 Å². The van der Waals surface area contributed by atoms with Crippen molar-refractivity contribution in [3.8, 4) is 5.75 Å². The number of amides is 1. The molecule has 4 heterocycles. The largest absolute Gasteiger partial charge is 0.497 e. The van der Waals surface area contributed by atoms with Crippen LogP contribution in [0.25, 0.3) is 0 Å². The van der Waals surface area contributed by atoms with E-state index in [1.165, 1.54) is 5.56 Å². The van der Waals surface area contributed by atoms with Gasteiger partial charge in [-0.25, -0.2) is 0 Å². The van der Waals surface area contributed by atoms with Crippen LogP contribution in [0.5, 0.6) is 5.75 Å². The highest BCUT2D eigenvalue weighted by atomic mass is 16.5. The molecule has 0 N–H and O–H groups in total. The highest BCUT2D eigenvalue weighted by Crippen LogP contribution is 2.35. The number of carbonyl (C=O) groups excluding carboxylic acids is 1. The van der Waals surface area contributed by atoms with Gasteiger partial charge in [0.15, 0.2) is 0 Å². The molecule has 2 aromatic heterocycles. The number of fused-ring (bicyclic) bond motifs is 3. The van der Waals surface area contributed by atoms with Gasteiger partial charge in [0.1, 0.15) is 11.4 Å². The minimum atomic E-state index is 0.109. The molecule has 1 aromatic carbocycles. The Labute approximate surface area is 170 Å². The molecular formula is C23H24N4O2. The molecule has 0 radical (unpaired) electrons. The zero-order chi connectivity index (χ0) is 19.8. The van der Waals surface area contributed by atoms with E-state index in [0.29, 0.717) is 6.54 Å². The molecule has 1 amide bonds. The molecule has 29 heavy (non-hydrogen) atoms. The summed E-state index contributed by atoms with van der Waals surface area (Å²) in [7, 11) is 1.66. The van der Waals surface area contributed by atoms with E-state index in [2.05, 4.69) is 26.6 Å². The molecule has 2 aliphatic heterocycles. The third-order valence-corrected chi connectivity index (χ3v) is 6.02. The number of nitrogens with zero attached hydrogens (tertiary/aromatic N) is 4. The van der Waals surface area contributed by atoms with Crippen molar-refractivity contribution >= 4 is 5.91 Å². The van der Waals surface area contributed by atoms with Gasteiger partial charge in [-0.1, -0.05) is 12.1 Å². The van der Waals surface area contributed by atoms with E-state index in [1.807, 2.05) is 59.9 Å². The molecule has 0 bridgehead atoms. The average Bonchev–Trinajstić information content (AvgIpc) is 3.39. The number of ether oxygens (including phenoxy) is 1. The van der Waals surface area contributed by atoms with Crippen molar-refractivity contribution in [3.63, 3.8) is 0 Å². The van der Waals surface area contributed by atoms with Crippen LogP contribution in [0.15, 0.2) is 67.1 Å². The zero-order valence-electron chi connectivity index (χ0n) is 16.4. The SMILES string of the molecule is COc1ccc(CN2C(=O)c3cccn3[C@H]3CN(Cc4ccncc4)C[C@@H]32)cc1. The number of carbonyl (C=O) groups is 1. The Hall–Kier alpha value is -3.12. The number of aromatic nitrogens is 2. The average molecular weight is 388 g/mol. The number of likely N-dealkylation sites (tertiary alicyclic amines) is 1. The van der Waals surface area contributed by atoms with Crippen LogP contribution in [-0.2, 0) is 13.1 Å². The van der Waals surface area contributed by atoms with Gasteiger partial charge in [0.25, 0.3) is 5.91 Å². The van der Waals surface area contributed by atoms with Crippen molar-refractivity contribution in [2.75, 3.05) is 20.2 Å². The molecule has 6 heteroatoms. The summed E-state index contributed by atoms with van der Waals surface area (Å²) in [5.41, 5.74) is 3.15. The number of hydrogen-bond donors (Lipinski definition) is 0. The molecule has 5 rings (SSSR count). The standard InChI is InChI=1S/C23H24N4O2/c1-29-19-6-4-17(5-7-19)14-27-22-16-25(13-18-8-10-24-11-9-18)15-21(22)26-12-2-3-20(26)23(27)28/h2-12,21-22H,13-16H2,1H3/t21-,22-/m0/s1. The van der Waals surface area contributed by atoms with Gasteiger partial charge in [-0.3, -0.25) is 14.7 Å². The lowest BCUT2D eigenvalue weighted by Gasteiger charge is -2.38. The first kappa shape index (κ1) is 17.9. The Balaban J connectivity index is 1.41. The molecule has 1 fully saturated rings. The summed E-state index contributed by atoms with van der Waals surface area (Å²) in [4.78, 5) is 21.9. The Kier molecular flexibility index (Phi) is 4.56. The molecule has 0 spiro atoms. The van der Waals surface area contributed by atoms with Gasteiger partial charge >= 0.3 is 0 Å². The summed E-state index contributed by atoms with van der Waals surface area (Å²) in [5, 5.41) is 0. The summed E-state index contributed by atoms with van der Waals surface area (Å²) >= 11 is 0. The quantitative estimate of drug-likeness (QED) is 0.674. The monoisotopic (exact) mass is 388 g/mol. The number of hydrogen-bond acceptors (Lipinski definition) is 4. The van der Waals surface area contributed by atoms with Gasteiger partial charge in [-0.15, -0.1) is 0 Å². The Morgan fingerprint density at radius 3 is 2.45 bits per heavy atom. The molecule has 0 unspecified atom stereocenters. The number of methoxy groups -OCH3 is 1. The van der Waals surface area contributed by atoms with Gasteiger partial charge in [0, 0.05) is 44.8 Å². The van der Waals surface area contributed by atoms with Crippen molar-refractivity contribution in [2.45, 2.75) is 25.2 Å². The second kappa shape index (κ2) is 7.37. The van der Waals surface area contributed by atoms with Crippen molar-refractivity contribution < 1.29 is 9.53 Å². The van der Waals surface area contributed by atoms with Crippen molar-refractivity contribution in [3.05, 3.63) is 83.9 Å². The topological polar surface area (TPSA) is 50.6 Å². The molecule has 148 valence electrons. The summed E-state index contributed by atoms with van der Waals surface area (Å²) in [6.45, 7) is 3.28. The van der Waals surface area contributed by atoms with Gasteiger partial charge in [-0.2, -0.15) is 0 Å². The van der Waals surface area contributed by atoms with Crippen molar-refractivity contribution in [1.82, 2.24) is 19.4 Å². The third kappa shape index (κ3) is 3.29. The number of pyridine rings is 1. The molecule has 3 aromatic rings. The van der Waals surface area contributed by atoms with Gasteiger partial charge in [0.2, 0.25) is 0 Å². The van der Waals surface area contributed by atoms with E-state index in [9.17, 15) is 4.79 Å². The molecular weight excluding hydrogens is 364 g/mol. The molecule has 0 aliphatic carbocycles. The Morgan fingerprint density at radius 1 is 0.966 bits per heavy atom. The molecule has 2 aliphatic rings.